The summed E-state index contributed by atoms with van der Waals surface area (Å²) in [5.74, 6) is 3.79. The quantitative estimate of drug-likeness (QED) is 0.218. The molecule has 206 valence electrons. The molecule has 2 aromatic heterocycles. The number of carbonyl (C=O) groups excluding carboxylic acids is 2. The maximum absolute atomic E-state index is 14.3. The summed E-state index contributed by atoms with van der Waals surface area (Å²) in [4.78, 5) is 34.7. The number of hydrazine groups is 1. The van der Waals surface area contributed by atoms with Gasteiger partial charge in [-0.3, -0.25) is 25.0 Å². The van der Waals surface area contributed by atoms with E-state index in [1.54, 1.807) is 24.5 Å². The summed E-state index contributed by atoms with van der Waals surface area (Å²) in [5, 5.41) is 3.31. The zero-order chi connectivity index (χ0) is 27.7. The standard InChI is InChI=1S/C28H31F3N6O2/c1-37(27(39)19-8-6-18(7-9-19)26(38)36-32)25(28(29,30)31)17-10-12-20(13-11-17)35-22-15-34-21-3-2-14-33-24(21)23(22)16-4-5-16/h2-3,10-16,18-19,25,35H,4-9,32H2,1H3,(H,36,38)/t18?,19?,25-/m1/s1. The van der Waals surface area contributed by atoms with Gasteiger partial charge in [0.1, 0.15) is 0 Å². The minimum absolute atomic E-state index is 0.0270. The Bertz CT molecular complexity index is 1350. The van der Waals surface area contributed by atoms with E-state index in [1.807, 2.05) is 12.1 Å². The first-order valence-corrected chi connectivity index (χ1v) is 13.1. The van der Waals surface area contributed by atoms with E-state index in [0.29, 0.717) is 37.3 Å². The lowest BCUT2D eigenvalue weighted by molar-refractivity contribution is -0.191. The molecule has 0 spiro atoms. The predicted molar refractivity (Wildman–Crippen MR) is 141 cm³/mol. The summed E-state index contributed by atoms with van der Waals surface area (Å²) in [7, 11) is 1.20. The monoisotopic (exact) mass is 540 g/mol. The van der Waals surface area contributed by atoms with E-state index in [4.69, 9.17) is 5.84 Å². The molecule has 0 saturated heterocycles. The second kappa shape index (κ2) is 10.8. The number of nitrogens with zero attached hydrogens (tertiary/aromatic N) is 3. The Balaban J connectivity index is 1.33. The van der Waals surface area contributed by atoms with Gasteiger partial charge in [-0.2, -0.15) is 13.2 Å². The molecule has 2 aliphatic rings. The van der Waals surface area contributed by atoms with E-state index >= 15 is 0 Å². The Kier molecular flexibility index (Phi) is 7.44. The van der Waals surface area contributed by atoms with Gasteiger partial charge in [0, 0.05) is 36.3 Å². The third kappa shape index (κ3) is 5.68. The molecule has 0 unspecified atom stereocenters. The van der Waals surface area contributed by atoms with Crippen LogP contribution in [0.5, 0.6) is 0 Å². The Morgan fingerprint density at radius 3 is 2.28 bits per heavy atom. The van der Waals surface area contributed by atoms with Crippen molar-refractivity contribution in [1.29, 1.82) is 0 Å². The molecule has 0 aliphatic heterocycles. The molecule has 3 aromatic rings. The number of benzene rings is 1. The van der Waals surface area contributed by atoms with Gasteiger partial charge in [0.25, 0.3) is 0 Å². The van der Waals surface area contributed by atoms with Gasteiger partial charge in [-0.05, 0) is 74.3 Å². The maximum atomic E-state index is 14.3. The SMILES string of the molecule is CN(C(=O)C1CCC(C(=O)NN)CC1)[C@H](c1ccc(Nc2cnc3cccnc3c2C2CC2)cc1)C(F)(F)F. The molecule has 0 bridgehead atoms. The molecule has 39 heavy (non-hydrogen) atoms. The molecule has 2 aliphatic carbocycles. The first kappa shape index (κ1) is 26.9. The van der Waals surface area contributed by atoms with Gasteiger partial charge < -0.3 is 10.2 Å². The van der Waals surface area contributed by atoms with Crippen molar-refractivity contribution in [2.45, 2.75) is 56.7 Å². The number of rotatable bonds is 7. The van der Waals surface area contributed by atoms with Gasteiger partial charge in [-0.15, -0.1) is 0 Å². The van der Waals surface area contributed by atoms with E-state index < -0.39 is 24.0 Å². The first-order chi connectivity index (χ1) is 18.7. The van der Waals surface area contributed by atoms with Crippen molar-refractivity contribution >= 4 is 34.2 Å². The van der Waals surface area contributed by atoms with Crippen molar-refractivity contribution in [3.63, 3.8) is 0 Å². The van der Waals surface area contributed by atoms with Gasteiger partial charge in [0.15, 0.2) is 6.04 Å². The highest BCUT2D eigenvalue weighted by Gasteiger charge is 2.46. The number of aromatic nitrogens is 2. The normalized spacial score (nSPS) is 20.3. The molecule has 8 nitrogen and oxygen atoms in total. The van der Waals surface area contributed by atoms with Crippen LogP contribution in [0, 0.1) is 11.8 Å². The van der Waals surface area contributed by atoms with Gasteiger partial charge in [0.2, 0.25) is 11.8 Å². The molecule has 2 heterocycles. The number of alkyl halides is 3. The smallest absolute Gasteiger partial charge is 0.354 e. The van der Waals surface area contributed by atoms with Crippen LogP contribution < -0.4 is 16.6 Å². The number of pyridine rings is 2. The van der Waals surface area contributed by atoms with Crippen LogP contribution in [-0.4, -0.2) is 39.9 Å². The lowest BCUT2D eigenvalue weighted by Crippen LogP contribution is -2.44. The number of nitrogens with two attached hydrogens (primary N) is 1. The molecule has 2 saturated carbocycles. The van der Waals surface area contributed by atoms with Gasteiger partial charge in [0.05, 0.1) is 22.9 Å². The van der Waals surface area contributed by atoms with E-state index in [1.165, 1.54) is 19.2 Å². The Labute approximate surface area is 224 Å². The maximum Gasteiger partial charge on any atom is 0.413 e. The number of hydrogen-bond donors (Lipinski definition) is 3. The highest BCUT2D eigenvalue weighted by Crippen LogP contribution is 2.46. The van der Waals surface area contributed by atoms with Crippen molar-refractivity contribution in [2.75, 3.05) is 12.4 Å². The molecule has 2 fully saturated rings. The summed E-state index contributed by atoms with van der Waals surface area (Å²) >= 11 is 0. The third-order valence-electron chi connectivity index (χ3n) is 7.79. The van der Waals surface area contributed by atoms with Crippen molar-refractivity contribution in [3.05, 3.63) is 59.9 Å². The number of anilines is 2. The number of carbonyl (C=O) groups is 2. The predicted octanol–water partition coefficient (Wildman–Crippen LogP) is 5.11. The average Bonchev–Trinajstić information content (AvgIpc) is 3.77. The second-order valence-corrected chi connectivity index (χ2v) is 10.4. The zero-order valence-corrected chi connectivity index (χ0v) is 21.5. The minimum Gasteiger partial charge on any atom is -0.354 e. The summed E-state index contributed by atoms with van der Waals surface area (Å²) < 4.78 is 42.8. The molecular weight excluding hydrogens is 509 g/mol. The van der Waals surface area contributed by atoms with Crippen LogP contribution in [0.1, 0.15) is 61.6 Å². The van der Waals surface area contributed by atoms with Crippen molar-refractivity contribution in [3.8, 4) is 0 Å². The lowest BCUT2D eigenvalue weighted by Gasteiger charge is -2.35. The van der Waals surface area contributed by atoms with Crippen LogP contribution >= 0.6 is 0 Å². The molecular formula is C28H31F3N6O2. The van der Waals surface area contributed by atoms with E-state index in [0.717, 1.165) is 40.0 Å². The van der Waals surface area contributed by atoms with Gasteiger partial charge in [-0.25, -0.2) is 5.84 Å². The lowest BCUT2D eigenvalue weighted by atomic mass is 9.80. The second-order valence-electron chi connectivity index (χ2n) is 10.4. The Morgan fingerprint density at radius 2 is 1.67 bits per heavy atom. The minimum atomic E-state index is -4.66. The van der Waals surface area contributed by atoms with E-state index in [-0.39, 0.29) is 17.4 Å². The van der Waals surface area contributed by atoms with Crippen LogP contribution in [0.3, 0.4) is 0 Å². The molecule has 5 rings (SSSR count). The number of fused-ring (bicyclic) bond motifs is 1. The Morgan fingerprint density at radius 1 is 1.00 bits per heavy atom. The van der Waals surface area contributed by atoms with Crippen LogP contribution in [0.4, 0.5) is 24.5 Å². The van der Waals surface area contributed by atoms with Gasteiger partial charge in [-0.1, -0.05) is 12.1 Å². The van der Waals surface area contributed by atoms with Crippen LogP contribution in [0.15, 0.2) is 48.8 Å². The number of amides is 2. The highest BCUT2D eigenvalue weighted by molar-refractivity contribution is 5.85. The highest BCUT2D eigenvalue weighted by atomic mass is 19.4. The van der Waals surface area contributed by atoms with Crippen LogP contribution in [0.2, 0.25) is 0 Å². The third-order valence-corrected chi connectivity index (χ3v) is 7.79. The summed E-state index contributed by atoms with van der Waals surface area (Å²) in [6.07, 6.45) is 2.41. The van der Waals surface area contributed by atoms with E-state index in [9.17, 15) is 22.8 Å². The number of hydrogen-bond acceptors (Lipinski definition) is 6. The van der Waals surface area contributed by atoms with E-state index in [2.05, 4.69) is 20.7 Å². The first-order valence-electron chi connectivity index (χ1n) is 13.1. The Hall–Kier alpha value is -3.73. The zero-order valence-electron chi connectivity index (χ0n) is 21.5. The molecule has 1 atom stereocenters. The molecule has 2 amide bonds. The number of halogens is 3. The van der Waals surface area contributed by atoms with Crippen molar-refractivity contribution in [2.24, 2.45) is 17.7 Å². The fourth-order valence-electron chi connectivity index (χ4n) is 5.60. The fourth-order valence-corrected chi connectivity index (χ4v) is 5.60. The average molecular weight is 541 g/mol. The molecule has 4 N–H and O–H groups in total. The summed E-state index contributed by atoms with van der Waals surface area (Å²) in [6, 6.07) is 7.63. The number of nitrogens with one attached hydrogen (secondary N) is 2. The van der Waals surface area contributed by atoms with Crippen molar-refractivity contribution in [1.82, 2.24) is 20.3 Å². The van der Waals surface area contributed by atoms with Crippen LogP contribution in [0.25, 0.3) is 11.0 Å². The largest absolute Gasteiger partial charge is 0.413 e. The molecule has 0 radical (unpaired) electrons. The summed E-state index contributed by atoms with van der Waals surface area (Å²) in [6.45, 7) is 0. The molecule has 1 aromatic carbocycles. The van der Waals surface area contributed by atoms with Crippen LogP contribution in [-0.2, 0) is 9.59 Å². The van der Waals surface area contributed by atoms with Crippen molar-refractivity contribution < 1.29 is 22.8 Å². The summed E-state index contributed by atoms with van der Waals surface area (Å²) in [5.41, 5.74) is 6.18. The fraction of sp³-hybridized carbons (Fsp3) is 0.429. The topological polar surface area (TPSA) is 113 Å². The van der Waals surface area contributed by atoms with Gasteiger partial charge >= 0.3 is 6.18 Å². The molecule has 11 heteroatoms.